The van der Waals surface area contributed by atoms with Crippen LogP contribution in [0.25, 0.3) is 0 Å². The molecule has 1 aromatic rings. The summed E-state index contributed by atoms with van der Waals surface area (Å²) in [6.45, 7) is 9.05. The lowest BCUT2D eigenvalue weighted by atomic mass is 9.91. The van der Waals surface area contributed by atoms with Gasteiger partial charge in [0.15, 0.2) is 0 Å². The zero-order valence-electron chi connectivity index (χ0n) is 16.6. The first kappa shape index (κ1) is 22.2. The summed E-state index contributed by atoms with van der Waals surface area (Å²) in [5, 5.41) is 3.58. The van der Waals surface area contributed by atoms with Gasteiger partial charge in [0, 0.05) is 24.2 Å². The number of sulfonamides is 1. The fourth-order valence-corrected chi connectivity index (χ4v) is 5.62. The number of piperidine rings is 1. The highest BCUT2D eigenvalue weighted by Gasteiger charge is 2.34. The van der Waals surface area contributed by atoms with Crippen LogP contribution in [0, 0.1) is 17.8 Å². The van der Waals surface area contributed by atoms with Crippen LogP contribution in [0.15, 0.2) is 24.3 Å². The highest BCUT2D eigenvalue weighted by molar-refractivity contribution is 7.88. The molecule has 1 aliphatic heterocycles. The molecule has 0 spiro atoms. The summed E-state index contributed by atoms with van der Waals surface area (Å²) in [6.07, 6.45) is 1.40. The lowest BCUT2D eigenvalue weighted by Gasteiger charge is -2.33. The number of rotatable bonds is 7. The molecular weight excluding hydrogens is 384 g/mol. The van der Waals surface area contributed by atoms with Crippen molar-refractivity contribution in [1.82, 2.24) is 9.62 Å². The van der Waals surface area contributed by atoms with E-state index in [-0.39, 0.29) is 30.2 Å². The molecule has 1 aliphatic rings. The topological polar surface area (TPSA) is 66.5 Å². The molecule has 152 valence electrons. The van der Waals surface area contributed by atoms with Crippen LogP contribution >= 0.6 is 11.6 Å². The van der Waals surface area contributed by atoms with Gasteiger partial charge in [-0.15, -0.1) is 0 Å². The summed E-state index contributed by atoms with van der Waals surface area (Å²) in [6, 6.07) is 7.06. The molecule has 0 radical (unpaired) electrons. The first-order valence-electron chi connectivity index (χ1n) is 9.63. The second kappa shape index (κ2) is 9.39. The number of nitrogens with zero attached hydrogens (tertiary/aromatic N) is 1. The number of amides is 1. The van der Waals surface area contributed by atoms with E-state index in [1.165, 1.54) is 4.31 Å². The van der Waals surface area contributed by atoms with Crippen LogP contribution in [-0.4, -0.2) is 37.8 Å². The molecule has 1 N–H and O–H groups in total. The molecule has 0 bridgehead atoms. The van der Waals surface area contributed by atoms with Crippen molar-refractivity contribution in [2.24, 2.45) is 17.8 Å². The predicted octanol–water partition coefficient (Wildman–Crippen LogP) is 3.68. The summed E-state index contributed by atoms with van der Waals surface area (Å²) in [4.78, 5) is 12.7. The van der Waals surface area contributed by atoms with Crippen LogP contribution in [0.4, 0.5) is 0 Å². The average molecular weight is 415 g/mol. The molecule has 1 aromatic carbocycles. The zero-order chi connectivity index (χ0) is 20.2. The van der Waals surface area contributed by atoms with E-state index >= 15 is 0 Å². The summed E-state index contributed by atoms with van der Waals surface area (Å²) in [5.41, 5.74) is 0.588. The quantitative estimate of drug-likeness (QED) is 0.740. The molecule has 1 atom stereocenters. The second-order valence-electron chi connectivity index (χ2n) is 8.07. The number of nitrogens with one attached hydrogen (secondary N) is 1. The van der Waals surface area contributed by atoms with E-state index in [4.69, 9.17) is 11.6 Å². The maximum atomic E-state index is 12.8. The van der Waals surface area contributed by atoms with Crippen LogP contribution in [0.5, 0.6) is 0 Å². The van der Waals surface area contributed by atoms with E-state index < -0.39 is 10.0 Å². The molecule has 0 unspecified atom stereocenters. The predicted molar refractivity (Wildman–Crippen MR) is 110 cm³/mol. The Labute approximate surface area is 168 Å². The van der Waals surface area contributed by atoms with Crippen LogP contribution in [-0.2, 0) is 20.6 Å². The molecule has 5 nitrogen and oxygen atoms in total. The van der Waals surface area contributed by atoms with Crippen molar-refractivity contribution in [3.05, 3.63) is 34.9 Å². The molecule has 1 fully saturated rings. The summed E-state index contributed by atoms with van der Waals surface area (Å²) < 4.78 is 27.1. The first-order valence-corrected chi connectivity index (χ1v) is 11.6. The summed E-state index contributed by atoms with van der Waals surface area (Å²) in [7, 11) is -3.52. The Morgan fingerprint density at radius 1 is 1.22 bits per heavy atom. The van der Waals surface area contributed by atoms with E-state index in [0.717, 1.165) is 0 Å². The normalized spacial score (nSPS) is 19.0. The van der Waals surface area contributed by atoms with Crippen LogP contribution < -0.4 is 5.32 Å². The van der Waals surface area contributed by atoms with Gasteiger partial charge in [-0.05, 0) is 36.3 Å². The van der Waals surface area contributed by atoms with E-state index in [9.17, 15) is 13.2 Å². The highest BCUT2D eigenvalue weighted by atomic mass is 35.5. The minimum atomic E-state index is -3.52. The average Bonchev–Trinajstić information content (AvgIpc) is 2.61. The number of hydrogen-bond acceptors (Lipinski definition) is 3. The smallest absolute Gasteiger partial charge is 0.224 e. The van der Waals surface area contributed by atoms with Gasteiger partial charge in [0.2, 0.25) is 15.9 Å². The van der Waals surface area contributed by atoms with Gasteiger partial charge < -0.3 is 5.32 Å². The minimum absolute atomic E-state index is 0.0416. The van der Waals surface area contributed by atoms with Gasteiger partial charge in [0.05, 0.1) is 11.7 Å². The monoisotopic (exact) mass is 414 g/mol. The Kier molecular flexibility index (Phi) is 7.72. The number of benzene rings is 1. The Morgan fingerprint density at radius 3 is 2.44 bits per heavy atom. The van der Waals surface area contributed by atoms with Crippen molar-refractivity contribution in [1.29, 1.82) is 0 Å². The van der Waals surface area contributed by atoms with Crippen molar-refractivity contribution in [3.63, 3.8) is 0 Å². The van der Waals surface area contributed by atoms with Gasteiger partial charge in [-0.3, -0.25) is 4.79 Å². The molecule has 0 aromatic heterocycles. The fourth-order valence-electron chi connectivity index (χ4n) is 3.70. The maximum absolute atomic E-state index is 12.8. The van der Waals surface area contributed by atoms with Crippen molar-refractivity contribution < 1.29 is 13.2 Å². The lowest BCUT2D eigenvalue weighted by Crippen LogP contribution is -2.50. The molecule has 1 saturated heterocycles. The summed E-state index contributed by atoms with van der Waals surface area (Å²) >= 11 is 6.12. The van der Waals surface area contributed by atoms with Gasteiger partial charge >= 0.3 is 0 Å². The fraction of sp³-hybridized carbons (Fsp3) is 0.650. The molecule has 0 aliphatic carbocycles. The Morgan fingerprint density at radius 2 is 1.85 bits per heavy atom. The first-order chi connectivity index (χ1) is 12.6. The van der Waals surface area contributed by atoms with E-state index in [0.29, 0.717) is 41.8 Å². The largest absolute Gasteiger partial charge is 0.353 e. The standard InChI is InChI=1S/C20H31ClN2O3S/c1-14(2)19(15(3)4)22-20(24)16-9-7-11-23(12-16)27(25,26)13-17-8-5-6-10-18(17)21/h5-6,8,10,14-16,19H,7,9,11-13H2,1-4H3,(H,22,24)/t16-/m1/s1. The second-order valence-corrected chi connectivity index (χ2v) is 10.4. The van der Waals surface area contributed by atoms with Crippen LogP contribution in [0.1, 0.15) is 46.1 Å². The Balaban J connectivity index is 2.06. The van der Waals surface area contributed by atoms with E-state index in [2.05, 4.69) is 33.0 Å². The van der Waals surface area contributed by atoms with Gasteiger partial charge in [-0.2, -0.15) is 0 Å². The van der Waals surface area contributed by atoms with Crippen molar-refractivity contribution in [3.8, 4) is 0 Å². The molecular formula is C20H31ClN2O3S. The van der Waals surface area contributed by atoms with Crippen molar-refractivity contribution >= 4 is 27.5 Å². The number of carbonyl (C=O) groups excluding carboxylic acids is 1. The van der Waals surface area contributed by atoms with Crippen molar-refractivity contribution in [2.45, 2.75) is 52.3 Å². The van der Waals surface area contributed by atoms with Gasteiger partial charge in [-0.25, -0.2) is 12.7 Å². The SMILES string of the molecule is CC(C)C(NC(=O)[C@@H]1CCCN(S(=O)(=O)Cc2ccccc2Cl)C1)C(C)C. The lowest BCUT2D eigenvalue weighted by molar-refractivity contribution is -0.127. The van der Waals surface area contributed by atoms with Crippen molar-refractivity contribution in [2.75, 3.05) is 13.1 Å². The Hall–Kier alpha value is -1.11. The van der Waals surface area contributed by atoms with Crippen LogP contribution in [0.2, 0.25) is 5.02 Å². The minimum Gasteiger partial charge on any atom is -0.353 e. The summed E-state index contributed by atoms with van der Waals surface area (Å²) in [5.74, 6) is 0.178. The molecule has 1 amide bonds. The molecule has 7 heteroatoms. The third-order valence-electron chi connectivity index (χ3n) is 5.19. The molecule has 2 rings (SSSR count). The van der Waals surface area contributed by atoms with Crippen LogP contribution in [0.3, 0.4) is 0 Å². The number of carbonyl (C=O) groups is 1. The third-order valence-corrected chi connectivity index (χ3v) is 7.35. The number of halogens is 1. The maximum Gasteiger partial charge on any atom is 0.224 e. The van der Waals surface area contributed by atoms with Gasteiger partial charge in [0.1, 0.15) is 0 Å². The van der Waals surface area contributed by atoms with E-state index in [1.54, 1.807) is 24.3 Å². The molecule has 1 heterocycles. The van der Waals surface area contributed by atoms with Gasteiger partial charge in [-0.1, -0.05) is 57.5 Å². The highest BCUT2D eigenvalue weighted by Crippen LogP contribution is 2.25. The number of hydrogen-bond donors (Lipinski definition) is 1. The van der Waals surface area contributed by atoms with Gasteiger partial charge in [0.25, 0.3) is 0 Å². The van der Waals surface area contributed by atoms with E-state index in [1.807, 2.05) is 0 Å². The third kappa shape index (κ3) is 5.93. The molecule has 27 heavy (non-hydrogen) atoms. The molecule has 0 saturated carbocycles. The Bertz CT molecular complexity index is 741. The zero-order valence-corrected chi connectivity index (χ0v) is 18.2.